The van der Waals surface area contributed by atoms with Crippen LogP contribution in [0.2, 0.25) is 5.02 Å². The summed E-state index contributed by atoms with van der Waals surface area (Å²) < 4.78 is 1.35. The molecule has 1 unspecified atom stereocenters. The fourth-order valence-electron chi connectivity index (χ4n) is 1.32. The molecular weight excluding hydrogens is 238 g/mol. The molecule has 0 aromatic carbocycles. The van der Waals surface area contributed by atoms with Crippen molar-refractivity contribution < 1.29 is 0 Å². The SMILES string of the molecule is CCn1ncc(NCC(C)C(C)C)c(Cl)c1=O. The van der Waals surface area contributed by atoms with E-state index in [2.05, 4.69) is 31.2 Å². The number of rotatable bonds is 5. The van der Waals surface area contributed by atoms with Gasteiger partial charge in [-0.2, -0.15) is 5.10 Å². The van der Waals surface area contributed by atoms with Crippen LogP contribution in [0.1, 0.15) is 27.7 Å². The summed E-state index contributed by atoms with van der Waals surface area (Å²) in [5, 5.41) is 7.44. The maximum absolute atomic E-state index is 11.7. The summed E-state index contributed by atoms with van der Waals surface area (Å²) in [6, 6.07) is 0. The zero-order valence-electron chi connectivity index (χ0n) is 10.8. The second-order valence-electron chi connectivity index (χ2n) is 4.60. The van der Waals surface area contributed by atoms with E-state index in [1.165, 1.54) is 4.68 Å². The summed E-state index contributed by atoms with van der Waals surface area (Å²) >= 11 is 6.00. The first-order chi connectivity index (χ1) is 7.97. The molecule has 0 saturated heterocycles. The van der Waals surface area contributed by atoms with Crippen LogP contribution >= 0.6 is 11.6 Å². The Hall–Kier alpha value is -1.03. The van der Waals surface area contributed by atoms with Gasteiger partial charge in [0.2, 0.25) is 0 Å². The van der Waals surface area contributed by atoms with Crippen molar-refractivity contribution in [3.8, 4) is 0 Å². The van der Waals surface area contributed by atoms with E-state index in [1.54, 1.807) is 6.20 Å². The Morgan fingerprint density at radius 1 is 1.47 bits per heavy atom. The Balaban J connectivity index is 2.80. The maximum atomic E-state index is 11.7. The van der Waals surface area contributed by atoms with Gasteiger partial charge >= 0.3 is 0 Å². The summed E-state index contributed by atoms with van der Waals surface area (Å²) in [4.78, 5) is 11.7. The van der Waals surface area contributed by atoms with Crippen LogP contribution in [-0.4, -0.2) is 16.3 Å². The van der Waals surface area contributed by atoms with E-state index in [0.29, 0.717) is 24.1 Å². The van der Waals surface area contributed by atoms with Gasteiger partial charge in [-0.05, 0) is 18.8 Å². The molecule has 1 N–H and O–H groups in total. The number of aryl methyl sites for hydroxylation is 1. The monoisotopic (exact) mass is 257 g/mol. The van der Waals surface area contributed by atoms with Gasteiger partial charge < -0.3 is 5.32 Å². The first-order valence-corrected chi connectivity index (χ1v) is 6.34. The van der Waals surface area contributed by atoms with Crippen molar-refractivity contribution in [1.29, 1.82) is 0 Å². The molecule has 17 heavy (non-hydrogen) atoms. The fourth-order valence-corrected chi connectivity index (χ4v) is 1.53. The van der Waals surface area contributed by atoms with Gasteiger partial charge in [-0.15, -0.1) is 0 Å². The van der Waals surface area contributed by atoms with E-state index in [1.807, 2.05) is 6.92 Å². The highest BCUT2D eigenvalue weighted by molar-refractivity contribution is 6.32. The van der Waals surface area contributed by atoms with E-state index in [4.69, 9.17) is 11.6 Å². The number of nitrogens with one attached hydrogen (secondary N) is 1. The Kier molecular flexibility index (Phi) is 5.00. The zero-order chi connectivity index (χ0) is 13.0. The van der Waals surface area contributed by atoms with Crippen molar-refractivity contribution in [2.45, 2.75) is 34.2 Å². The minimum Gasteiger partial charge on any atom is -0.382 e. The molecule has 0 amide bonds. The Labute approximate surface area is 107 Å². The molecule has 1 atom stereocenters. The van der Waals surface area contributed by atoms with E-state index in [-0.39, 0.29) is 10.6 Å². The Bertz CT molecular complexity index is 428. The van der Waals surface area contributed by atoms with Gasteiger partial charge in [-0.25, -0.2) is 4.68 Å². The van der Waals surface area contributed by atoms with Gasteiger partial charge in [0.25, 0.3) is 5.56 Å². The molecule has 5 heteroatoms. The molecule has 0 spiro atoms. The minimum absolute atomic E-state index is 0.220. The van der Waals surface area contributed by atoms with Crippen LogP contribution in [0.4, 0.5) is 5.69 Å². The summed E-state index contributed by atoms with van der Waals surface area (Å²) in [5.41, 5.74) is 0.380. The van der Waals surface area contributed by atoms with Crippen LogP contribution < -0.4 is 10.9 Å². The summed E-state index contributed by atoms with van der Waals surface area (Å²) in [6.45, 7) is 9.67. The van der Waals surface area contributed by atoms with Crippen LogP contribution in [0.25, 0.3) is 0 Å². The summed E-state index contributed by atoms with van der Waals surface area (Å²) in [6.07, 6.45) is 1.61. The van der Waals surface area contributed by atoms with E-state index < -0.39 is 0 Å². The quantitative estimate of drug-likeness (QED) is 0.882. The Morgan fingerprint density at radius 3 is 2.65 bits per heavy atom. The van der Waals surface area contributed by atoms with Crippen molar-refractivity contribution in [3.63, 3.8) is 0 Å². The summed E-state index contributed by atoms with van der Waals surface area (Å²) in [7, 11) is 0. The van der Waals surface area contributed by atoms with Crippen molar-refractivity contribution >= 4 is 17.3 Å². The number of hydrogen-bond donors (Lipinski definition) is 1. The average Bonchev–Trinajstić information content (AvgIpc) is 2.30. The highest BCUT2D eigenvalue weighted by Gasteiger charge is 2.11. The highest BCUT2D eigenvalue weighted by Crippen LogP contribution is 2.17. The third kappa shape index (κ3) is 3.46. The number of aromatic nitrogens is 2. The van der Waals surface area contributed by atoms with Gasteiger partial charge in [0, 0.05) is 13.1 Å². The van der Waals surface area contributed by atoms with E-state index >= 15 is 0 Å². The van der Waals surface area contributed by atoms with Gasteiger partial charge in [0.05, 0.1) is 11.9 Å². The third-order valence-corrected chi connectivity index (χ3v) is 3.40. The molecule has 1 aromatic rings. The lowest BCUT2D eigenvalue weighted by Crippen LogP contribution is -2.24. The number of halogens is 1. The number of hydrogen-bond acceptors (Lipinski definition) is 3. The molecule has 0 fully saturated rings. The third-order valence-electron chi connectivity index (χ3n) is 3.04. The lowest BCUT2D eigenvalue weighted by atomic mass is 9.98. The molecule has 96 valence electrons. The molecule has 0 saturated carbocycles. The first kappa shape index (κ1) is 14.0. The molecule has 1 heterocycles. The van der Waals surface area contributed by atoms with Gasteiger partial charge in [0.1, 0.15) is 5.02 Å². The number of nitrogens with zero attached hydrogens (tertiary/aromatic N) is 2. The molecule has 0 aliphatic rings. The lowest BCUT2D eigenvalue weighted by Gasteiger charge is -2.17. The largest absolute Gasteiger partial charge is 0.382 e. The predicted octanol–water partition coefficient (Wildman–Crippen LogP) is 2.62. The lowest BCUT2D eigenvalue weighted by molar-refractivity contribution is 0.439. The normalized spacial score (nSPS) is 12.8. The maximum Gasteiger partial charge on any atom is 0.287 e. The predicted molar refractivity (Wildman–Crippen MR) is 71.7 cm³/mol. The highest BCUT2D eigenvalue weighted by atomic mass is 35.5. The molecule has 1 aromatic heterocycles. The standard InChI is InChI=1S/C12H20ClN3O/c1-5-16-12(17)11(13)10(7-15-16)14-6-9(4)8(2)3/h7-9,14H,5-6H2,1-4H3. The second kappa shape index (κ2) is 6.05. The van der Waals surface area contributed by atoms with Crippen molar-refractivity contribution in [2.75, 3.05) is 11.9 Å². The molecular formula is C12H20ClN3O. The summed E-state index contributed by atoms with van der Waals surface area (Å²) in [5.74, 6) is 1.10. The topological polar surface area (TPSA) is 46.9 Å². The molecule has 0 bridgehead atoms. The smallest absolute Gasteiger partial charge is 0.287 e. The van der Waals surface area contributed by atoms with Gasteiger partial charge in [-0.3, -0.25) is 4.79 Å². The van der Waals surface area contributed by atoms with Crippen LogP contribution in [0.5, 0.6) is 0 Å². The fraction of sp³-hybridized carbons (Fsp3) is 0.667. The molecule has 1 rings (SSSR count). The minimum atomic E-state index is -0.239. The van der Waals surface area contributed by atoms with E-state index in [0.717, 1.165) is 6.54 Å². The number of anilines is 1. The zero-order valence-corrected chi connectivity index (χ0v) is 11.6. The molecule has 0 aliphatic carbocycles. The van der Waals surface area contributed by atoms with Crippen LogP contribution in [0.3, 0.4) is 0 Å². The van der Waals surface area contributed by atoms with Crippen molar-refractivity contribution in [2.24, 2.45) is 11.8 Å². The average molecular weight is 258 g/mol. The van der Waals surface area contributed by atoms with Crippen LogP contribution in [-0.2, 0) is 6.54 Å². The van der Waals surface area contributed by atoms with E-state index in [9.17, 15) is 4.79 Å². The molecule has 0 aliphatic heterocycles. The van der Waals surface area contributed by atoms with Gasteiger partial charge in [-0.1, -0.05) is 32.4 Å². The van der Waals surface area contributed by atoms with Crippen LogP contribution in [0, 0.1) is 11.8 Å². The molecule has 0 radical (unpaired) electrons. The molecule has 4 nitrogen and oxygen atoms in total. The Morgan fingerprint density at radius 2 is 2.12 bits per heavy atom. The van der Waals surface area contributed by atoms with Crippen LogP contribution in [0.15, 0.2) is 11.0 Å². The van der Waals surface area contributed by atoms with Crippen molar-refractivity contribution in [1.82, 2.24) is 9.78 Å². The first-order valence-electron chi connectivity index (χ1n) is 5.96. The van der Waals surface area contributed by atoms with Gasteiger partial charge in [0.15, 0.2) is 0 Å². The van der Waals surface area contributed by atoms with Crippen molar-refractivity contribution in [3.05, 3.63) is 21.6 Å². The second-order valence-corrected chi connectivity index (χ2v) is 4.97.